The molecule has 5 heteroatoms. The van der Waals surface area contributed by atoms with Crippen molar-refractivity contribution in [2.45, 2.75) is 38.6 Å². The van der Waals surface area contributed by atoms with E-state index in [1.165, 1.54) is 31.3 Å². The number of allylic oxidation sites excluding steroid dienone is 1. The van der Waals surface area contributed by atoms with E-state index >= 15 is 0 Å². The molecule has 1 heterocycles. The maximum absolute atomic E-state index is 11.7. The normalized spacial score (nSPS) is 14.2. The highest BCUT2D eigenvalue weighted by molar-refractivity contribution is 5.73. The number of carbonyl (C=O) groups excluding carboxylic acids is 1. The van der Waals surface area contributed by atoms with Crippen LogP contribution in [0, 0.1) is 0 Å². The summed E-state index contributed by atoms with van der Waals surface area (Å²) in [6.07, 6.45) is 9.91. The zero-order valence-corrected chi connectivity index (χ0v) is 12.5. The summed E-state index contributed by atoms with van der Waals surface area (Å²) in [5.74, 6) is 0.573. The Hall–Kier alpha value is -2.04. The third kappa shape index (κ3) is 5.45. The third-order valence-corrected chi connectivity index (χ3v) is 3.58. The van der Waals surface area contributed by atoms with E-state index in [0.717, 1.165) is 12.0 Å². The van der Waals surface area contributed by atoms with Gasteiger partial charge in [-0.1, -0.05) is 17.7 Å². The van der Waals surface area contributed by atoms with Crippen molar-refractivity contribution in [1.82, 2.24) is 15.6 Å². The molecule has 0 unspecified atom stereocenters. The molecule has 0 saturated carbocycles. The maximum atomic E-state index is 11.7. The lowest BCUT2D eigenvalue weighted by Gasteiger charge is -2.13. The fraction of sp³-hybridized carbons (Fsp3) is 0.500. The summed E-state index contributed by atoms with van der Waals surface area (Å²) in [5.41, 5.74) is 2.42. The van der Waals surface area contributed by atoms with E-state index in [2.05, 4.69) is 21.7 Å². The van der Waals surface area contributed by atoms with Gasteiger partial charge >= 0.3 is 6.03 Å². The lowest BCUT2D eigenvalue weighted by molar-refractivity contribution is 0.240. The van der Waals surface area contributed by atoms with Gasteiger partial charge in [0, 0.05) is 25.4 Å². The molecule has 2 rings (SSSR count). The Morgan fingerprint density at radius 2 is 2.24 bits per heavy atom. The van der Waals surface area contributed by atoms with Gasteiger partial charge in [-0.2, -0.15) is 0 Å². The summed E-state index contributed by atoms with van der Waals surface area (Å²) < 4.78 is 4.99. The predicted molar refractivity (Wildman–Crippen MR) is 82.2 cm³/mol. The van der Waals surface area contributed by atoms with Gasteiger partial charge in [-0.3, -0.25) is 0 Å². The van der Waals surface area contributed by atoms with Crippen LogP contribution in [0.2, 0.25) is 0 Å². The molecular formula is C16H23N3O2. The van der Waals surface area contributed by atoms with Crippen molar-refractivity contribution in [3.05, 3.63) is 35.5 Å². The van der Waals surface area contributed by atoms with Crippen molar-refractivity contribution in [2.24, 2.45) is 0 Å². The quantitative estimate of drug-likeness (QED) is 0.792. The SMILES string of the molecule is COc1ccc(CNC(=O)NCCC2=CCCCC2)cn1. The van der Waals surface area contributed by atoms with Gasteiger partial charge in [0.05, 0.1) is 7.11 Å². The molecule has 0 bridgehead atoms. The van der Waals surface area contributed by atoms with E-state index in [1.807, 2.05) is 6.07 Å². The number of nitrogens with one attached hydrogen (secondary N) is 2. The second-order valence-electron chi connectivity index (χ2n) is 5.18. The number of urea groups is 1. The van der Waals surface area contributed by atoms with Crippen LogP contribution in [0.25, 0.3) is 0 Å². The Morgan fingerprint density at radius 3 is 2.90 bits per heavy atom. The van der Waals surface area contributed by atoms with Crippen LogP contribution in [0.4, 0.5) is 4.79 Å². The standard InChI is InChI=1S/C16H23N3O2/c1-21-15-8-7-14(11-18-15)12-19-16(20)17-10-9-13-5-3-2-4-6-13/h5,7-8,11H,2-4,6,9-10,12H2,1H3,(H2,17,19,20). The molecule has 5 nitrogen and oxygen atoms in total. The predicted octanol–water partition coefficient (Wildman–Crippen LogP) is 2.78. The number of aromatic nitrogens is 1. The van der Waals surface area contributed by atoms with Crippen molar-refractivity contribution in [2.75, 3.05) is 13.7 Å². The first kappa shape index (κ1) is 15.4. The molecule has 1 aliphatic rings. The molecule has 0 radical (unpaired) electrons. The van der Waals surface area contributed by atoms with Gasteiger partial charge in [0.15, 0.2) is 0 Å². The monoisotopic (exact) mass is 289 g/mol. The Morgan fingerprint density at radius 1 is 1.33 bits per heavy atom. The molecule has 21 heavy (non-hydrogen) atoms. The van der Waals surface area contributed by atoms with E-state index in [0.29, 0.717) is 19.0 Å². The summed E-state index contributed by atoms with van der Waals surface area (Å²) in [6.45, 7) is 1.16. The number of rotatable bonds is 6. The summed E-state index contributed by atoms with van der Waals surface area (Å²) in [4.78, 5) is 15.8. The number of amides is 2. The highest BCUT2D eigenvalue weighted by atomic mass is 16.5. The first-order chi connectivity index (χ1) is 10.3. The van der Waals surface area contributed by atoms with Crippen LogP contribution in [0.3, 0.4) is 0 Å². The van der Waals surface area contributed by atoms with E-state index < -0.39 is 0 Å². The number of nitrogens with zero attached hydrogens (tertiary/aromatic N) is 1. The molecule has 2 N–H and O–H groups in total. The molecule has 0 aromatic carbocycles. The van der Waals surface area contributed by atoms with Crippen LogP contribution in [0.15, 0.2) is 30.0 Å². The molecule has 2 amide bonds. The molecule has 0 atom stereocenters. The topological polar surface area (TPSA) is 63.2 Å². The van der Waals surface area contributed by atoms with Gasteiger partial charge in [0.1, 0.15) is 0 Å². The van der Waals surface area contributed by atoms with Crippen LogP contribution in [0.1, 0.15) is 37.7 Å². The second-order valence-corrected chi connectivity index (χ2v) is 5.18. The van der Waals surface area contributed by atoms with Crippen molar-refractivity contribution >= 4 is 6.03 Å². The van der Waals surface area contributed by atoms with Gasteiger partial charge in [-0.25, -0.2) is 9.78 Å². The van der Waals surface area contributed by atoms with Crippen LogP contribution in [-0.2, 0) is 6.54 Å². The third-order valence-electron chi connectivity index (χ3n) is 3.58. The molecule has 1 aliphatic carbocycles. The minimum atomic E-state index is -0.137. The number of pyridine rings is 1. The number of ether oxygens (including phenoxy) is 1. The average Bonchev–Trinajstić information content (AvgIpc) is 2.54. The first-order valence-electron chi connectivity index (χ1n) is 7.46. The zero-order valence-electron chi connectivity index (χ0n) is 12.5. The smallest absolute Gasteiger partial charge is 0.315 e. The Kier molecular flexibility index (Phi) is 6.06. The summed E-state index contributed by atoms with van der Waals surface area (Å²) in [5, 5.41) is 5.71. The second kappa shape index (κ2) is 8.29. The summed E-state index contributed by atoms with van der Waals surface area (Å²) in [7, 11) is 1.58. The van der Waals surface area contributed by atoms with E-state index in [1.54, 1.807) is 19.4 Å². The van der Waals surface area contributed by atoms with Gasteiger partial charge < -0.3 is 15.4 Å². The fourth-order valence-electron chi connectivity index (χ4n) is 2.35. The van der Waals surface area contributed by atoms with Crippen molar-refractivity contribution in [3.63, 3.8) is 0 Å². The van der Waals surface area contributed by atoms with Crippen molar-refractivity contribution in [3.8, 4) is 5.88 Å². The number of hydrogen-bond acceptors (Lipinski definition) is 3. The molecule has 114 valence electrons. The summed E-state index contributed by atoms with van der Waals surface area (Å²) in [6, 6.07) is 3.53. The van der Waals surface area contributed by atoms with Gasteiger partial charge in [-0.05, 0) is 37.7 Å². The largest absolute Gasteiger partial charge is 0.481 e. The van der Waals surface area contributed by atoms with E-state index in [4.69, 9.17) is 4.74 Å². The van der Waals surface area contributed by atoms with E-state index in [9.17, 15) is 4.79 Å². The molecule has 1 aromatic heterocycles. The molecule has 0 saturated heterocycles. The Labute approximate surface area is 125 Å². The Bertz CT molecular complexity index is 483. The molecule has 0 spiro atoms. The van der Waals surface area contributed by atoms with Crippen LogP contribution in [-0.4, -0.2) is 24.7 Å². The van der Waals surface area contributed by atoms with Gasteiger partial charge in [0.2, 0.25) is 5.88 Å². The minimum absolute atomic E-state index is 0.137. The summed E-state index contributed by atoms with van der Waals surface area (Å²) >= 11 is 0. The van der Waals surface area contributed by atoms with Crippen LogP contribution >= 0.6 is 0 Å². The van der Waals surface area contributed by atoms with Crippen molar-refractivity contribution < 1.29 is 9.53 Å². The zero-order chi connectivity index (χ0) is 14.9. The van der Waals surface area contributed by atoms with Crippen molar-refractivity contribution in [1.29, 1.82) is 0 Å². The number of hydrogen-bond donors (Lipinski definition) is 2. The molecular weight excluding hydrogens is 266 g/mol. The lowest BCUT2D eigenvalue weighted by atomic mass is 9.97. The fourth-order valence-corrected chi connectivity index (χ4v) is 2.35. The van der Waals surface area contributed by atoms with Crippen LogP contribution in [0.5, 0.6) is 5.88 Å². The van der Waals surface area contributed by atoms with E-state index in [-0.39, 0.29) is 6.03 Å². The minimum Gasteiger partial charge on any atom is -0.481 e. The lowest BCUT2D eigenvalue weighted by Crippen LogP contribution is -2.35. The number of methoxy groups -OCH3 is 1. The number of carbonyl (C=O) groups is 1. The molecule has 0 fully saturated rings. The van der Waals surface area contributed by atoms with Gasteiger partial charge in [-0.15, -0.1) is 0 Å². The molecule has 1 aromatic rings. The van der Waals surface area contributed by atoms with Crippen LogP contribution < -0.4 is 15.4 Å². The highest BCUT2D eigenvalue weighted by Crippen LogP contribution is 2.19. The molecule has 0 aliphatic heterocycles. The Balaban J connectivity index is 1.63. The average molecular weight is 289 g/mol. The first-order valence-corrected chi connectivity index (χ1v) is 7.46. The van der Waals surface area contributed by atoms with Gasteiger partial charge in [0.25, 0.3) is 0 Å². The maximum Gasteiger partial charge on any atom is 0.315 e. The highest BCUT2D eigenvalue weighted by Gasteiger charge is 2.05.